The molecule has 22 heavy (non-hydrogen) atoms. The van der Waals surface area contributed by atoms with Crippen molar-refractivity contribution in [2.45, 2.75) is 13.8 Å². The first-order chi connectivity index (χ1) is 10.7. The van der Waals surface area contributed by atoms with E-state index in [0.717, 1.165) is 5.57 Å². The summed E-state index contributed by atoms with van der Waals surface area (Å²) >= 11 is 0. The Morgan fingerprint density at radius 3 is 1.18 bits per heavy atom. The van der Waals surface area contributed by atoms with Gasteiger partial charge in [0.05, 0.1) is 0 Å². The zero-order valence-electron chi connectivity index (χ0n) is 13.3. The van der Waals surface area contributed by atoms with Crippen LogP contribution < -0.4 is 0 Å². The van der Waals surface area contributed by atoms with Crippen LogP contribution in [0.2, 0.25) is 0 Å². The predicted molar refractivity (Wildman–Crippen MR) is 96.9 cm³/mol. The van der Waals surface area contributed by atoms with Crippen molar-refractivity contribution in [3.8, 4) is 0 Å². The summed E-state index contributed by atoms with van der Waals surface area (Å²) in [4.78, 5) is 0. The fraction of sp³-hybridized carbons (Fsp3) is 0.0909. The minimum absolute atomic E-state index is 1.08. The molecular weight excluding hydrogens is 264 g/mol. The third kappa shape index (κ3) is 4.46. The third-order valence-corrected chi connectivity index (χ3v) is 3.67. The third-order valence-electron chi connectivity index (χ3n) is 3.67. The van der Waals surface area contributed by atoms with Crippen molar-refractivity contribution in [1.29, 1.82) is 0 Å². The maximum absolute atomic E-state index is 4.10. The van der Waals surface area contributed by atoms with Gasteiger partial charge in [-0.1, -0.05) is 91.5 Å². The molecule has 0 atom stereocenters. The second kappa shape index (κ2) is 7.99. The minimum atomic E-state index is 1.08. The van der Waals surface area contributed by atoms with Gasteiger partial charge in [0.15, 0.2) is 0 Å². The lowest BCUT2D eigenvalue weighted by Crippen LogP contribution is -1.84. The molecule has 0 nitrogen and oxygen atoms in total. The quantitative estimate of drug-likeness (QED) is 0.538. The Labute approximate surface area is 133 Å². The van der Waals surface area contributed by atoms with Crippen molar-refractivity contribution >= 4 is 5.57 Å². The van der Waals surface area contributed by atoms with Gasteiger partial charge in [-0.05, 0) is 41.7 Å². The molecule has 0 aliphatic rings. The Bertz CT molecular complexity index is 647. The van der Waals surface area contributed by atoms with Crippen molar-refractivity contribution in [1.82, 2.24) is 0 Å². The van der Waals surface area contributed by atoms with Gasteiger partial charge in [0.2, 0.25) is 0 Å². The maximum Gasteiger partial charge on any atom is -0.0183 e. The molecule has 0 unspecified atom stereocenters. The molecule has 0 aliphatic carbocycles. The molecule has 0 aromatic heterocycles. The smallest absolute Gasteiger partial charge is 0.0183 e. The standard InChI is InChI=1S/C14H12.C8H10/c1-12(13-8-4-2-5-9-13)14-10-6-3-7-11-14;1-7-5-3-4-6-8(7)2/h2-11H,1H2;3-6H,1-2H3. The second-order valence-corrected chi connectivity index (χ2v) is 5.29. The highest BCUT2D eigenvalue weighted by Gasteiger charge is 1.99. The Balaban J connectivity index is 0.000000188. The topological polar surface area (TPSA) is 0 Å². The average Bonchev–Trinajstić information content (AvgIpc) is 2.59. The first-order valence-corrected chi connectivity index (χ1v) is 7.50. The van der Waals surface area contributed by atoms with Gasteiger partial charge in [-0.3, -0.25) is 0 Å². The second-order valence-electron chi connectivity index (χ2n) is 5.29. The molecule has 0 saturated heterocycles. The highest BCUT2D eigenvalue weighted by atomic mass is 14.0. The Hall–Kier alpha value is -2.60. The van der Waals surface area contributed by atoms with Gasteiger partial charge in [-0.15, -0.1) is 0 Å². The fourth-order valence-electron chi connectivity index (χ4n) is 2.11. The molecule has 0 heteroatoms. The summed E-state index contributed by atoms with van der Waals surface area (Å²) < 4.78 is 0. The van der Waals surface area contributed by atoms with Gasteiger partial charge in [0.1, 0.15) is 0 Å². The highest BCUT2D eigenvalue weighted by molar-refractivity contribution is 5.77. The number of hydrogen-bond donors (Lipinski definition) is 0. The summed E-state index contributed by atoms with van der Waals surface area (Å²) in [5, 5.41) is 0. The summed E-state index contributed by atoms with van der Waals surface area (Å²) in [6.07, 6.45) is 0. The molecule has 110 valence electrons. The molecule has 0 spiro atoms. The van der Waals surface area contributed by atoms with Crippen molar-refractivity contribution < 1.29 is 0 Å². The molecule has 3 rings (SSSR count). The first kappa shape index (κ1) is 15.8. The predicted octanol–water partition coefficient (Wildman–Crippen LogP) is 6.05. The zero-order valence-corrected chi connectivity index (χ0v) is 13.3. The van der Waals surface area contributed by atoms with E-state index in [2.05, 4.69) is 69.0 Å². The summed E-state index contributed by atoms with van der Waals surface area (Å²) in [6.45, 7) is 8.34. The molecule has 0 aliphatic heterocycles. The van der Waals surface area contributed by atoms with Gasteiger partial charge < -0.3 is 0 Å². The van der Waals surface area contributed by atoms with Crippen LogP contribution in [0.4, 0.5) is 0 Å². The molecule has 0 fully saturated rings. The lowest BCUT2D eigenvalue weighted by molar-refractivity contribution is 1.34. The summed E-state index contributed by atoms with van der Waals surface area (Å²) in [5.74, 6) is 0. The van der Waals surface area contributed by atoms with Crippen LogP contribution in [0.25, 0.3) is 5.57 Å². The SMILES string of the molecule is C=C(c1ccccc1)c1ccccc1.Cc1ccccc1C. The minimum Gasteiger partial charge on any atom is -0.0906 e. The van der Waals surface area contributed by atoms with Crippen LogP contribution in [0.3, 0.4) is 0 Å². The molecule has 0 N–H and O–H groups in total. The summed E-state index contributed by atoms with van der Waals surface area (Å²) in [6, 6.07) is 28.8. The van der Waals surface area contributed by atoms with E-state index in [4.69, 9.17) is 0 Å². The van der Waals surface area contributed by atoms with Crippen LogP contribution in [0.5, 0.6) is 0 Å². The molecule has 0 amide bonds. The van der Waals surface area contributed by atoms with Gasteiger partial charge in [0.25, 0.3) is 0 Å². The monoisotopic (exact) mass is 286 g/mol. The van der Waals surface area contributed by atoms with Gasteiger partial charge >= 0.3 is 0 Å². The van der Waals surface area contributed by atoms with E-state index in [9.17, 15) is 0 Å². The van der Waals surface area contributed by atoms with Crippen LogP contribution in [-0.4, -0.2) is 0 Å². The van der Waals surface area contributed by atoms with Gasteiger partial charge in [-0.25, -0.2) is 0 Å². The van der Waals surface area contributed by atoms with Crippen molar-refractivity contribution in [2.75, 3.05) is 0 Å². The lowest BCUT2D eigenvalue weighted by atomic mass is 10.0. The van der Waals surface area contributed by atoms with E-state index < -0.39 is 0 Å². The van der Waals surface area contributed by atoms with E-state index in [1.165, 1.54) is 22.3 Å². The number of benzene rings is 3. The molecule has 3 aromatic carbocycles. The van der Waals surface area contributed by atoms with E-state index in [-0.39, 0.29) is 0 Å². The summed E-state index contributed by atoms with van der Waals surface area (Å²) in [5.41, 5.74) is 6.17. The molecular formula is C22H22. The van der Waals surface area contributed by atoms with Gasteiger partial charge in [0, 0.05) is 0 Å². The van der Waals surface area contributed by atoms with Crippen LogP contribution in [-0.2, 0) is 0 Å². The molecule has 0 heterocycles. The van der Waals surface area contributed by atoms with E-state index >= 15 is 0 Å². The Morgan fingerprint density at radius 1 is 0.545 bits per heavy atom. The number of rotatable bonds is 2. The average molecular weight is 286 g/mol. The number of aryl methyl sites for hydroxylation is 2. The fourth-order valence-corrected chi connectivity index (χ4v) is 2.11. The van der Waals surface area contributed by atoms with Crippen LogP contribution in [0.1, 0.15) is 22.3 Å². The summed E-state index contributed by atoms with van der Waals surface area (Å²) in [7, 11) is 0. The lowest BCUT2D eigenvalue weighted by Gasteiger charge is -2.04. The maximum atomic E-state index is 4.10. The van der Waals surface area contributed by atoms with Gasteiger partial charge in [-0.2, -0.15) is 0 Å². The van der Waals surface area contributed by atoms with E-state index in [0.29, 0.717) is 0 Å². The van der Waals surface area contributed by atoms with Crippen LogP contribution in [0, 0.1) is 13.8 Å². The Morgan fingerprint density at radius 2 is 0.864 bits per heavy atom. The van der Waals surface area contributed by atoms with E-state index in [1.807, 2.05) is 36.4 Å². The van der Waals surface area contributed by atoms with Crippen LogP contribution in [0.15, 0.2) is 91.5 Å². The molecule has 0 radical (unpaired) electrons. The number of hydrogen-bond acceptors (Lipinski definition) is 0. The zero-order chi connectivity index (χ0) is 15.8. The van der Waals surface area contributed by atoms with Crippen LogP contribution >= 0.6 is 0 Å². The first-order valence-electron chi connectivity index (χ1n) is 7.50. The highest BCUT2D eigenvalue weighted by Crippen LogP contribution is 2.20. The normalized spacial score (nSPS) is 9.55. The van der Waals surface area contributed by atoms with Crippen molar-refractivity contribution in [3.05, 3.63) is 114 Å². The largest absolute Gasteiger partial charge is 0.0906 e. The Kier molecular flexibility index (Phi) is 5.73. The van der Waals surface area contributed by atoms with Crippen molar-refractivity contribution in [3.63, 3.8) is 0 Å². The molecule has 0 saturated carbocycles. The van der Waals surface area contributed by atoms with Crippen molar-refractivity contribution in [2.24, 2.45) is 0 Å². The molecule has 3 aromatic rings. The van der Waals surface area contributed by atoms with E-state index in [1.54, 1.807) is 0 Å². The molecule has 0 bridgehead atoms.